The molecule has 1 aliphatic heterocycles. The lowest BCUT2D eigenvalue weighted by atomic mass is 10.1. The maximum absolute atomic E-state index is 12.0. The molecule has 24 heavy (non-hydrogen) atoms. The van der Waals surface area contributed by atoms with Crippen molar-refractivity contribution in [3.8, 4) is 11.5 Å². The largest absolute Gasteiger partial charge is 0.454 e. The van der Waals surface area contributed by atoms with E-state index >= 15 is 0 Å². The van der Waals surface area contributed by atoms with E-state index < -0.39 is 0 Å². The molecule has 0 unspecified atom stereocenters. The number of anilines is 2. The third-order valence-electron chi connectivity index (χ3n) is 3.57. The Morgan fingerprint density at radius 3 is 2.33 bits per heavy atom. The zero-order valence-corrected chi connectivity index (χ0v) is 13.3. The minimum Gasteiger partial charge on any atom is -0.454 e. The zero-order chi connectivity index (χ0) is 16.9. The molecular formula is C18H18N2O4. The van der Waals surface area contributed by atoms with Gasteiger partial charge in [-0.05, 0) is 48.4 Å². The van der Waals surface area contributed by atoms with Crippen LogP contribution in [0, 0.1) is 0 Å². The first-order valence-electron chi connectivity index (χ1n) is 7.66. The van der Waals surface area contributed by atoms with E-state index in [0.717, 1.165) is 17.1 Å². The molecule has 0 fully saturated rings. The molecule has 2 aromatic carbocycles. The number of hydrogen-bond acceptors (Lipinski definition) is 4. The highest BCUT2D eigenvalue weighted by atomic mass is 16.7. The van der Waals surface area contributed by atoms with Gasteiger partial charge in [0.05, 0.1) is 0 Å². The molecule has 124 valence electrons. The molecule has 1 aliphatic rings. The van der Waals surface area contributed by atoms with Crippen molar-refractivity contribution in [2.24, 2.45) is 0 Å². The van der Waals surface area contributed by atoms with Crippen LogP contribution in [0.1, 0.15) is 18.9 Å². The van der Waals surface area contributed by atoms with Crippen LogP contribution < -0.4 is 20.1 Å². The van der Waals surface area contributed by atoms with Gasteiger partial charge in [0.1, 0.15) is 0 Å². The van der Waals surface area contributed by atoms with Crippen LogP contribution in [0.3, 0.4) is 0 Å². The van der Waals surface area contributed by atoms with Gasteiger partial charge < -0.3 is 20.1 Å². The maximum Gasteiger partial charge on any atom is 0.231 e. The molecule has 0 saturated heterocycles. The van der Waals surface area contributed by atoms with Gasteiger partial charge in [-0.2, -0.15) is 0 Å². The molecule has 0 aliphatic carbocycles. The highest BCUT2D eigenvalue weighted by molar-refractivity contribution is 5.92. The van der Waals surface area contributed by atoms with Crippen LogP contribution in [0.5, 0.6) is 11.5 Å². The summed E-state index contributed by atoms with van der Waals surface area (Å²) in [6.45, 7) is 1.69. The second-order valence-electron chi connectivity index (χ2n) is 5.49. The van der Waals surface area contributed by atoms with Gasteiger partial charge in [-0.25, -0.2) is 0 Å². The van der Waals surface area contributed by atoms with Gasteiger partial charge in [0.15, 0.2) is 11.5 Å². The van der Waals surface area contributed by atoms with Crippen molar-refractivity contribution < 1.29 is 19.1 Å². The van der Waals surface area contributed by atoms with Gasteiger partial charge >= 0.3 is 0 Å². The lowest BCUT2D eigenvalue weighted by molar-refractivity contribution is -0.116. The number of nitrogens with one attached hydrogen (secondary N) is 2. The second kappa shape index (κ2) is 7.04. The SMILES string of the molecule is CC(=O)Nc1ccc(NC(=O)CCc2ccc3c(c2)OCO3)cc1. The van der Waals surface area contributed by atoms with Crippen molar-refractivity contribution in [2.45, 2.75) is 19.8 Å². The quantitative estimate of drug-likeness (QED) is 0.886. The summed E-state index contributed by atoms with van der Waals surface area (Å²) < 4.78 is 10.6. The molecule has 3 rings (SSSR count). The van der Waals surface area contributed by atoms with E-state index in [2.05, 4.69) is 10.6 Å². The Balaban J connectivity index is 1.51. The predicted molar refractivity (Wildman–Crippen MR) is 90.3 cm³/mol. The van der Waals surface area contributed by atoms with E-state index in [0.29, 0.717) is 24.2 Å². The number of carbonyl (C=O) groups is 2. The summed E-state index contributed by atoms with van der Waals surface area (Å²) in [5.74, 6) is 1.26. The summed E-state index contributed by atoms with van der Waals surface area (Å²) >= 11 is 0. The smallest absolute Gasteiger partial charge is 0.231 e. The maximum atomic E-state index is 12.0. The third-order valence-corrected chi connectivity index (χ3v) is 3.57. The first kappa shape index (κ1) is 15.9. The highest BCUT2D eigenvalue weighted by Crippen LogP contribution is 2.32. The number of fused-ring (bicyclic) bond motifs is 1. The Morgan fingerprint density at radius 2 is 1.62 bits per heavy atom. The van der Waals surface area contributed by atoms with Crippen molar-refractivity contribution in [1.82, 2.24) is 0 Å². The number of hydrogen-bond donors (Lipinski definition) is 2. The Morgan fingerprint density at radius 1 is 0.958 bits per heavy atom. The van der Waals surface area contributed by atoms with E-state index in [1.165, 1.54) is 6.92 Å². The molecule has 2 N–H and O–H groups in total. The second-order valence-corrected chi connectivity index (χ2v) is 5.49. The van der Waals surface area contributed by atoms with Crippen molar-refractivity contribution in [1.29, 1.82) is 0 Å². The van der Waals surface area contributed by atoms with Gasteiger partial charge in [0, 0.05) is 24.7 Å². The van der Waals surface area contributed by atoms with Crippen molar-refractivity contribution in [2.75, 3.05) is 17.4 Å². The number of carbonyl (C=O) groups excluding carboxylic acids is 2. The molecule has 0 radical (unpaired) electrons. The first-order chi connectivity index (χ1) is 11.6. The van der Waals surface area contributed by atoms with E-state index in [-0.39, 0.29) is 18.6 Å². The van der Waals surface area contributed by atoms with Crippen molar-refractivity contribution in [3.63, 3.8) is 0 Å². The van der Waals surface area contributed by atoms with Crippen molar-refractivity contribution >= 4 is 23.2 Å². The summed E-state index contributed by atoms with van der Waals surface area (Å²) in [6, 6.07) is 12.7. The monoisotopic (exact) mass is 326 g/mol. The minimum absolute atomic E-state index is 0.0695. The Labute approximate surface area is 139 Å². The summed E-state index contributed by atoms with van der Waals surface area (Å²) in [7, 11) is 0. The average Bonchev–Trinajstić information content (AvgIpc) is 3.02. The van der Waals surface area contributed by atoms with Crippen LogP contribution in [-0.4, -0.2) is 18.6 Å². The molecule has 6 nitrogen and oxygen atoms in total. The van der Waals surface area contributed by atoms with Crippen molar-refractivity contribution in [3.05, 3.63) is 48.0 Å². The van der Waals surface area contributed by atoms with Crippen LogP contribution in [0.2, 0.25) is 0 Å². The van der Waals surface area contributed by atoms with Crippen LogP contribution >= 0.6 is 0 Å². The number of aryl methyl sites for hydroxylation is 1. The fourth-order valence-electron chi connectivity index (χ4n) is 2.42. The number of rotatable bonds is 5. The number of amides is 2. The van der Waals surface area contributed by atoms with Gasteiger partial charge in [-0.15, -0.1) is 0 Å². The van der Waals surface area contributed by atoms with Crippen LogP contribution in [0.15, 0.2) is 42.5 Å². The normalized spacial score (nSPS) is 11.9. The number of benzene rings is 2. The molecule has 2 amide bonds. The Hall–Kier alpha value is -3.02. The van der Waals surface area contributed by atoms with E-state index in [1.54, 1.807) is 24.3 Å². The Bertz CT molecular complexity index is 756. The standard InChI is InChI=1S/C18H18N2O4/c1-12(21)19-14-4-6-15(7-5-14)20-18(22)9-3-13-2-8-16-17(10-13)24-11-23-16/h2,4-8,10H,3,9,11H2,1H3,(H,19,21)(H,20,22). The molecule has 1 heterocycles. The molecule has 0 spiro atoms. The lowest BCUT2D eigenvalue weighted by Gasteiger charge is -2.07. The minimum atomic E-state index is -0.129. The first-order valence-corrected chi connectivity index (χ1v) is 7.66. The van der Waals surface area contributed by atoms with Gasteiger partial charge in [0.2, 0.25) is 18.6 Å². The van der Waals surface area contributed by atoms with Gasteiger partial charge in [0.25, 0.3) is 0 Å². The molecule has 0 saturated carbocycles. The number of ether oxygens (including phenoxy) is 2. The fourth-order valence-corrected chi connectivity index (χ4v) is 2.42. The van der Waals surface area contributed by atoms with Crippen LogP contribution in [0.25, 0.3) is 0 Å². The topological polar surface area (TPSA) is 76.7 Å². The molecule has 0 bridgehead atoms. The molecule has 2 aromatic rings. The van der Waals surface area contributed by atoms with Crippen LogP contribution in [0.4, 0.5) is 11.4 Å². The highest BCUT2D eigenvalue weighted by Gasteiger charge is 2.13. The van der Waals surface area contributed by atoms with E-state index in [9.17, 15) is 9.59 Å². The summed E-state index contributed by atoms with van der Waals surface area (Å²) in [5, 5.41) is 5.52. The lowest BCUT2D eigenvalue weighted by Crippen LogP contribution is -2.12. The summed E-state index contributed by atoms with van der Waals surface area (Å²) in [5.41, 5.74) is 2.41. The molecular weight excluding hydrogens is 308 g/mol. The molecule has 0 atom stereocenters. The van der Waals surface area contributed by atoms with Gasteiger partial charge in [-0.1, -0.05) is 6.07 Å². The molecule has 0 aromatic heterocycles. The van der Waals surface area contributed by atoms with Crippen LogP contribution in [-0.2, 0) is 16.0 Å². The zero-order valence-electron chi connectivity index (χ0n) is 13.3. The Kier molecular flexibility index (Phi) is 4.65. The van der Waals surface area contributed by atoms with E-state index in [1.807, 2.05) is 18.2 Å². The summed E-state index contributed by atoms with van der Waals surface area (Å²) in [4.78, 5) is 23.0. The van der Waals surface area contributed by atoms with E-state index in [4.69, 9.17) is 9.47 Å². The fraction of sp³-hybridized carbons (Fsp3) is 0.222. The summed E-state index contributed by atoms with van der Waals surface area (Å²) in [6.07, 6.45) is 0.986. The third kappa shape index (κ3) is 4.04. The predicted octanol–water partition coefficient (Wildman–Crippen LogP) is 2.95. The molecule has 6 heteroatoms. The van der Waals surface area contributed by atoms with Gasteiger partial charge in [-0.3, -0.25) is 9.59 Å². The average molecular weight is 326 g/mol.